The number of aliphatic hydroxyl groups is 2. The van der Waals surface area contributed by atoms with Crippen LogP contribution in [0.3, 0.4) is 0 Å². The van der Waals surface area contributed by atoms with Gasteiger partial charge in [0.25, 0.3) is 0 Å². The number of oxazole rings is 1. The zero-order valence-electron chi connectivity index (χ0n) is 20.9. The second kappa shape index (κ2) is 6.94. The number of hydrogen-bond acceptors (Lipinski definition) is 6. The molecule has 2 fully saturated rings. The fourth-order valence-corrected chi connectivity index (χ4v) is 8.28. The van der Waals surface area contributed by atoms with E-state index < -0.39 is 17.8 Å². The first-order chi connectivity index (χ1) is 16.7. The molecular formula is C29H34N2O4. The molecule has 1 aromatic carbocycles. The van der Waals surface area contributed by atoms with E-state index in [1.807, 2.05) is 25.1 Å². The van der Waals surface area contributed by atoms with E-state index in [0.717, 1.165) is 35.9 Å². The van der Waals surface area contributed by atoms with Crippen LogP contribution < -0.4 is 0 Å². The van der Waals surface area contributed by atoms with E-state index in [9.17, 15) is 10.2 Å². The molecule has 35 heavy (non-hydrogen) atoms. The first kappa shape index (κ1) is 22.0. The summed E-state index contributed by atoms with van der Waals surface area (Å²) < 4.78 is 12.9. The Hall–Kier alpha value is -2.25. The molecule has 0 radical (unpaired) electrons. The summed E-state index contributed by atoms with van der Waals surface area (Å²) in [7, 11) is 3.95. The maximum atomic E-state index is 11.2. The molecule has 2 spiro atoms. The molecule has 3 heterocycles. The molecular weight excluding hydrogens is 440 g/mol. The molecule has 2 N–H and O–H groups in total. The summed E-state index contributed by atoms with van der Waals surface area (Å²) in [5, 5.41) is 22.1. The summed E-state index contributed by atoms with van der Waals surface area (Å²) >= 11 is 0. The summed E-state index contributed by atoms with van der Waals surface area (Å²) in [6, 6.07) is 6.21. The van der Waals surface area contributed by atoms with E-state index in [0.29, 0.717) is 18.3 Å². The van der Waals surface area contributed by atoms with Gasteiger partial charge in [-0.2, -0.15) is 0 Å². The van der Waals surface area contributed by atoms with Gasteiger partial charge in [0.15, 0.2) is 12.0 Å². The van der Waals surface area contributed by atoms with Gasteiger partial charge in [0.05, 0.1) is 17.3 Å². The first-order valence-electron chi connectivity index (χ1n) is 12.9. The lowest BCUT2D eigenvalue weighted by Crippen LogP contribution is -2.62. The number of likely N-dealkylation sites (N-methyl/N-ethyl adjacent to an activating group) is 1. The third-order valence-electron chi connectivity index (χ3n) is 10.3. The number of benzene rings is 1. The Morgan fingerprint density at radius 2 is 2.00 bits per heavy atom. The van der Waals surface area contributed by atoms with Crippen molar-refractivity contribution in [2.24, 2.45) is 17.3 Å². The standard InChI is InChI=1S/C29H34N2O4/c1-16-11-18-13-20-25(32)26(33)22(31(3)4)14-28(20)9-10-29(18,35-28)24-8-6-19(27(16,24)2)17-5-7-21-23(12-17)34-15-30-21/h5-7,11-13,15-16,22,24-26,32-33H,8-10,14H2,1-4H3. The number of fused-ring (bicyclic) bond motifs is 2. The molecule has 5 aliphatic rings. The summed E-state index contributed by atoms with van der Waals surface area (Å²) in [4.78, 5) is 6.32. The van der Waals surface area contributed by atoms with Gasteiger partial charge >= 0.3 is 0 Å². The quantitative estimate of drug-likeness (QED) is 0.683. The largest absolute Gasteiger partial charge is 0.443 e. The molecule has 1 aromatic heterocycles. The minimum absolute atomic E-state index is 0.0815. The molecule has 1 saturated carbocycles. The molecule has 0 amide bonds. The van der Waals surface area contributed by atoms with Gasteiger partial charge in [-0.1, -0.05) is 38.1 Å². The van der Waals surface area contributed by atoms with E-state index in [-0.39, 0.29) is 17.1 Å². The van der Waals surface area contributed by atoms with Crippen LogP contribution in [0.5, 0.6) is 0 Å². The number of ether oxygens (including phenoxy) is 1. The van der Waals surface area contributed by atoms with Crippen LogP contribution in [0.2, 0.25) is 0 Å². The molecule has 184 valence electrons. The highest BCUT2D eigenvalue weighted by molar-refractivity contribution is 5.82. The molecule has 1 saturated heterocycles. The van der Waals surface area contributed by atoms with Crippen molar-refractivity contribution >= 4 is 16.7 Å². The fourth-order valence-electron chi connectivity index (χ4n) is 8.28. The predicted octanol–water partition coefficient (Wildman–Crippen LogP) is 4.10. The number of hydrogen-bond donors (Lipinski definition) is 2. The van der Waals surface area contributed by atoms with Gasteiger partial charge in [0, 0.05) is 17.4 Å². The number of aliphatic hydroxyl groups excluding tert-OH is 2. The van der Waals surface area contributed by atoms with Crippen molar-refractivity contribution in [3.8, 4) is 0 Å². The fraction of sp³-hybridized carbons (Fsp3) is 0.552. The van der Waals surface area contributed by atoms with Crippen molar-refractivity contribution in [2.45, 2.75) is 69.0 Å². The Morgan fingerprint density at radius 3 is 2.80 bits per heavy atom. The third kappa shape index (κ3) is 2.61. The van der Waals surface area contributed by atoms with Crippen LogP contribution in [0.15, 0.2) is 58.4 Å². The lowest BCUT2D eigenvalue weighted by atomic mass is 9.54. The van der Waals surface area contributed by atoms with E-state index in [2.05, 4.69) is 49.2 Å². The maximum Gasteiger partial charge on any atom is 0.181 e. The zero-order valence-corrected chi connectivity index (χ0v) is 20.9. The Labute approximate surface area is 206 Å². The number of rotatable bonds is 2. The Morgan fingerprint density at radius 1 is 1.17 bits per heavy atom. The minimum atomic E-state index is -0.900. The number of allylic oxidation sites excluding steroid dienone is 3. The van der Waals surface area contributed by atoms with E-state index in [4.69, 9.17) is 9.15 Å². The monoisotopic (exact) mass is 474 g/mol. The average Bonchev–Trinajstić information content (AvgIpc) is 3.52. The van der Waals surface area contributed by atoms with Crippen LogP contribution in [-0.4, -0.2) is 63.6 Å². The highest BCUT2D eigenvalue weighted by Crippen LogP contribution is 2.69. The lowest BCUT2D eigenvalue weighted by molar-refractivity contribution is -0.165. The third-order valence-corrected chi connectivity index (χ3v) is 10.3. The van der Waals surface area contributed by atoms with Gasteiger partial charge in [0.1, 0.15) is 11.6 Å². The molecule has 2 bridgehead atoms. The van der Waals surface area contributed by atoms with Gasteiger partial charge < -0.3 is 24.3 Å². The molecule has 8 atom stereocenters. The predicted molar refractivity (Wildman–Crippen MR) is 133 cm³/mol. The van der Waals surface area contributed by atoms with Crippen molar-refractivity contribution < 1.29 is 19.4 Å². The van der Waals surface area contributed by atoms with Gasteiger partial charge in [-0.05, 0) is 80.1 Å². The summed E-state index contributed by atoms with van der Waals surface area (Å²) in [5.41, 5.74) is 5.38. The number of aromatic nitrogens is 1. The molecule has 6 nitrogen and oxygen atoms in total. The topological polar surface area (TPSA) is 79.0 Å². The van der Waals surface area contributed by atoms with Crippen LogP contribution >= 0.6 is 0 Å². The second-order valence-electron chi connectivity index (χ2n) is 11.9. The SMILES string of the molecule is CC1C=C2C=C3C(O)C(O)C(N(C)C)CC34CCC2(O4)C2CC=C(c3ccc4ncoc4c3)C12C. The van der Waals surface area contributed by atoms with Crippen molar-refractivity contribution in [3.05, 3.63) is 59.5 Å². The first-order valence-corrected chi connectivity index (χ1v) is 12.9. The number of nitrogens with zero attached hydrogens (tertiary/aromatic N) is 2. The van der Waals surface area contributed by atoms with E-state index in [1.165, 1.54) is 23.1 Å². The second-order valence-corrected chi connectivity index (χ2v) is 11.9. The van der Waals surface area contributed by atoms with Crippen LogP contribution in [-0.2, 0) is 4.74 Å². The lowest BCUT2D eigenvalue weighted by Gasteiger charge is -2.57. The van der Waals surface area contributed by atoms with E-state index >= 15 is 0 Å². The zero-order chi connectivity index (χ0) is 24.3. The summed E-state index contributed by atoms with van der Waals surface area (Å²) in [6.07, 6.45) is 10.3. The van der Waals surface area contributed by atoms with Crippen LogP contribution in [0.4, 0.5) is 0 Å². The highest BCUT2D eigenvalue weighted by Gasteiger charge is 2.68. The van der Waals surface area contributed by atoms with Crippen molar-refractivity contribution in [1.82, 2.24) is 9.88 Å². The van der Waals surface area contributed by atoms with Gasteiger partial charge in [-0.3, -0.25) is 0 Å². The van der Waals surface area contributed by atoms with Crippen LogP contribution in [0.25, 0.3) is 16.7 Å². The van der Waals surface area contributed by atoms with Gasteiger partial charge in [0.2, 0.25) is 0 Å². The van der Waals surface area contributed by atoms with Gasteiger partial charge in [-0.15, -0.1) is 0 Å². The van der Waals surface area contributed by atoms with Crippen molar-refractivity contribution in [1.29, 1.82) is 0 Å². The molecule has 7 rings (SSSR count). The molecule has 6 heteroatoms. The van der Waals surface area contributed by atoms with Crippen LogP contribution in [0.1, 0.15) is 45.1 Å². The van der Waals surface area contributed by atoms with E-state index in [1.54, 1.807) is 0 Å². The molecule has 2 aliphatic heterocycles. The Kier molecular flexibility index (Phi) is 4.36. The highest BCUT2D eigenvalue weighted by atomic mass is 16.5. The Bertz CT molecular complexity index is 1320. The van der Waals surface area contributed by atoms with Crippen LogP contribution in [0, 0.1) is 17.3 Å². The summed E-state index contributed by atoms with van der Waals surface area (Å²) in [5.74, 6) is 0.602. The van der Waals surface area contributed by atoms with Gasteiger partial charge in [-0.25, -0.2) is 4.98 Å². The summed E-state index contributed by atoms with van der Waals surface area (Å²) in [6.45, 7) is 4.71. The molecule has 3 aliphatic carbocycles. The van der Waals surface area contributed by atoms with Crippen molar-refractivity contribution in [2.75, 3.05) is 14.1 Å². The normalized spacial score (nSPS) is 44.0. The minimum Gasteiger partial charge on any atom is -0.443 e. The molecule has 2 aromatic rings. The average molecular weight is 475 g/mol. The molecule has 8 unspecified atom stereocenters. The maximum absolute atomic E-state index is 11.2. The Balaban J connectivity index is 1.33. The van der Waals surface area contributed by atoms with Crippen molar-refractivity contribution in [3.63, 3.8) is 0 Å². The smallest absolute Gasteiger partial charge is 0.181 e.